The molecule has 0 radical (unpaired) electrons. The van der Waals surface area contributed by atoms with Crippen LogP contribution in [-0.2, 0) is 14.4 Å². The number of carboxylic acids is 1. The highest BCUT2D eigenvalue weighted by molar-refractivity contribution is 6.01. The van der Waals surface area contributed by atoms with E-state index in [1.165, 1.54) is 18.2 Å². The van der Waals surface area contributed by atoms with E-state index in [9.17, 15) is 23.9 Å². The van der Waals surface area contributed by atoms with E-state index >= 15 is 0 Å². The Labute approximate surface area is 155 Å². The number of halogens is 1. The maximum absolute atomic E-state index is 13.5. The summed E-state index contributed by atoms with van der Waals surface area (Å²) in [5.41, 5.74) is 2.32. The first-order valence-electron chi connectivity index (χ1n) is 8.52. The molecule has 6 nitrogen and oxygen atoms in total. The average Bonchev–Trinajstić information content (AvgIpc) is 2.60. The van der Waals surface area contributed by atoms with Crippen molar-refractivity contribution in [2.24, 2.45) is 0 Å². The number of carbonyl (C=O) groups is 3. The summed E-state index contributed by atoms with van der Waals surface area (Å²) >= 11 is 0. The number of amides is 2. The molecule has 2 amide bonds. The van der Waals surface area contributed by atoms with Crippen molar-refractivity contribution in [2.45, 2.75) is 31.7 Å². The van der Waals surface area contributed by atoms with Crippen LogP contribution in [0.5, 0.6) is 0 Å². The van der Waals surface area contributed by atoms with Gasteiger partial charge in [-0.1, -0.05) is 30.3 Å². The Morgan fingerprint density at radius 2 is 2.04 bits per heavy atom. The fourth-order valence-electron chi connectivity index (χ4n) is 3.33. The van der Waals surface area contributed by atoms with E-state index in [0.717, 1.165) is 5.56 Å². The molecular weight excluding hydrogens is 351 g/mol. The molecule has 7 heteroatoms. The van der Waals surface area contributed by atoms with Gasteiger partial charge in [0, 0.05) is 12.1 Å². The number of aliphatic carboxylic acids is 1. The van der Waals surface area contributed by atoms with Crippen LogP contribution < -0.4 is 10.6 Å². The van der Waals surface area contributed by atoms with Gasteiger partial charge in [0.05, 0.1) is 18.4 Å². The number of nitrogens with one attached hydrogen (secondary N) is 2. The fraction of sp³-hybridized carbons (Fsp3) is 0.250. The number of hydrogen-bond acceptors (Lipinski definition) is 3. The molecule has 0 aromatic heterocycles. The molecule has 0 saturated carbocycles. The zero-order chi connectivity index (χ0) is 19.6. The second kappa shape index (κ2) is 7.57. The Hall–Kier alpha value is -3.22. The van der Waals surface area contributed by atoms with Crippen LogP contribution in [0.2, 0.25) is 0 Å². The van der Waals surface area contributed by atoms with Crippen molar-refractivity contribution in [1.29, 1.82) is 0 Å². The van der Waals surface area contributed by atoms with Crippen molar-refractivity contribution < 1.29 is 23.9 Å². The molecule has 2 atom stereocenters. The van der Waals surface area contributed by atoms with E-state index in [1.807, 2.05) is 19.1 Å². The van der Waals surface area contributed by atoms with Crippen LogP contribution >= 0.6 is 0 Å². The summed E-state index contributed by atoms with van der Waals surface area (Å²) in [6.07, 6.45) is -0.371. The number of aryl methyl sites for hydroxylation is 1. The van der Waals surface area contributed by atoms with Crippen LogP contribution in [0.4, 0.5) is 10.1 Å². The quantitative estimate of drug-likeness (QED) is 0.754. The monoisotopic (exact) mass is 370 g/mol. The van der Waals surface area contributed by atoms with Crippen LogP contribution in [0.3, 0.4) is 0 Å². The molecule has 140 valence electrons. The topological polar surface area (TPSA) is 95.5 Å². The standard InChI is InChI=1S/C20H19FN2O4/c1-11-4-2-3-5-13(11)17(10-19(25)26)23-20(27)15-9-18(24)22-16-8-12(21)6-7-14(15)16/h2-8,15,17H,9-10H2,1H3,(H,22,24)(H,23,27)(H,25,26)/t15-,17-/m0/s1. The molecule has 3 rings (SSSR count). The number of anilines is 1. The van der Waals surface area contributed by atoms with Crippen LogP contribution in [0.15, 0.2) is 42.5 Å². The van der Waals surface area contributed by atoms with Gasteiger partial charge in [-0.3, -0.25) is 14.4 Å². The summed E-state index contributed by atoms with van der Waals surface area (Å²) in [6, 6.07) is 10.3. The first-order chi connectivity index (χ1) is 12.8. The zero-order valence-electron chi connectivity index (χ0n) is 14.7. The largest absolute Gasteiger partial charge is 0.481 e. The van der Waals surface area contributed by atoms with Crippen LogP contribution in [0, 0.1) is 12.7 Å². The summed E-state index contributed by atoms with van der Waals surface area (Å²) in [5, 5.41) is 14.5. The fourth-order valence-corrected chi connectivity index (χ4v) is 3.33. The SMILES string of the molecule is Cc1ccccc1[C@H](CC(=O)O)NC(=O)[C@H]1CC(=O)Nc2cc(F)ccc21. The highest BCUT2D eigenvalue weighted by atomic mass is 19.1. The second-order valence-electron chi connectivity index (χ2n) is 6.55. The Bertz CT molecular complexity index is 913. The summed E-state index contributed by atoms with van der Waals surface area (Å²) in [4.78, 5) is 36.1. The van der Waals surface area contributed by atoms with Crippen molar-refractivity contribution >= 4 is 23.5 Å². The number of fused-ring (bicyclic) bond motifs is 1. The zero-order valence-corrected chi connectivity index (χ0v) is 14.7. The van der Waals surface area contributed by atoms with Gasteiger partial charge in [-0.15, -0.1) is 0 Å². The lowest BCUT2D eigenvalue weighted by atomic mass is 9.89. The smallest absolute Gasteiger partial charge is 0.305 e. The van der Waals surface area contributed by atoms with Crippen molar-refractivity contribution in [3.05, 3.63) is 65.0 Å². The summed E-state index contributed by atoms with van der Waals surface area (Å²) in [7, 11) is 0. The number of hydrogen-bond donors (Lipinski definition) is 3. The van der Waals surface area contributed by atoms with Gasteiger partial charge in [0.1, 0.15) is 5.82 Å². The lowest BCUT2D eigenvalue weighted by Crippen LogP contribution is -2.38. The molecule has 0 spiro atoms. The molecule has 0 unspecified atom stereocenters. The summed E-state index contributed by atoms with van der Waals surface area (Å²) in [6.45, 7) is 1.84. The molecule has 0 fully saturated rings. The Morgan fingerprint density at radius 1 is 1.30 bits per heavy atom. The predicted molar refractivity (Wildman–Crippen MR) is 96.7 cm³/mol. The second-order valence-corrected chi connectivity index (χ2v) is 6.55. The van der Waals surface area contributed by atoms with Gasteiger partial charge in [0.25, 0.3) is 0 Å². The third kappa shape index (κ3) is 4.13. The maximum Gasteiger partial charge on any atom is 0.305 e. The van der Waals surface area contributed by atoms with Crippen LogP contribution in [0.25, 0.3) is 0 Å². The first-order valence-corrected chi connectivity index (χ1v) is 8.52. The Balaban J connectivity index is 1.89. The van der Waals surface area contributed by atoms with Gasteiger partial charge < -0.3 is 15.7 Å². The minimum atomic E-state index is -1.05. The molecule has 0 saturated heterocycles. The number of rotatable bonds is 5. The summed E-state index contributed by atoms with van der Waals surface area (Å²) < 4.78 is 13.5. The molecule has 0 aliphatic carbocycles. The van der Waals surface area contributed by atoms with E-state index in [0.29, 0.717) is 11.1 Å². The van der Waals surface area contributed by atoms with E-state index in [2.05, 4.69) is 10.6 Å². The third-order valence-corrected chi connectivity index (χ3v) is 4.63. The highest BCUT2D eigenvalue weighted by Gasteiger charge is 2.32. The van der Waals surface area contributed by atoms with E-state index in [4.69, 9.17) is 0 Å². The van der Waals surface area contributed by atoms with Gasteiger partial charge in [-0.05, 0) is 35.7 Å². The van der Waals surface area contributed by atoms with Crippen LogP contribution in [0.1, 0.15) is 41.5 Å². The maximum atomic E-state index is 13.5. The van der Waals surface area contributed by atoms with Gasteiger partial charge in [0.2, 0.25) is 11.8 Å². The van der Waals surface area contributed by atoms with Gasteiger partial charge >= 0.3 is 5.97 Å². The molecule has 3 N–H and O–H groups in total. The summed E-state index contributed by atoms with van der Waals surface area (Å²) in [5.74, 6) is -3.23. The number of carboxylic acid groups (broad SMARTS) is 1. The predicted octanol–water partition coefficient (Wildman–Crippen LogP) is 2.89. The molecule has 1 aliphatic heterocycles. The molecule has 0 bridgehead atoms. The lowest BCUT2D eigenvalue weighted by Gasteiger charge is -2.27. The Morgan fingerprint density at radius 3 is 2.74 bits per heavy atom. The molecule has 1 heterocycles. The molecule has 2 aromatic carbocycles. The van der Waals surface area contributed by atoms with E-state index in [1.54, 1.807) is 12.1 Å². The van der Waals surface area contributed by atoms with Crippen molar-refractivity contribution in [3.8, 4) is 0 Å². The van der Waals surface area contributed by atoms with Crippen molar-refractivity contribution in [2.75, 3.05) is 5.32 Å². The molecule has 2 aromatic rings. The average molecular weight is 370 g/mol. The van der Waals surface area contributed by atoms with Crippen LogP contribution in [-0.4, -0.2) is 22.9 Å². The number of carbonyl (C=O) groups excluding carboxylic acids is 2. The third-order valence-electron chi connectivity index (χ3n) is 4.63. The molecular formula is C20H19FN2O4. The minimum absolute atomic E-state index is 0.0853. The molecule has 1 aliphatic rings. The van der Waals surface area contributed by atoms with Crippen molar-refractivity contribution in [3.63, 3.8) is 0 Å². The van der Waals surface area contributed by atoms with Crippen molar-refractivity contribution in [1.82, 2.24) is 5.32 Å². The van der Waals surface area contributed by atoms with E-state index in [-0.39, 0.29) is 24.4 Å². The lowest BCUT2D eigenvalue weighted by molar-refractivity contribution is -0.138. The Kier molecular flexibility index (Phi) is 5.21. The van der Waals surface area contributed by atoms with Gasteiger partial charge in [-0.25, -0.2) is 4.39 Å². The van der Waals surface area contributed by atoms with Gasteiger partial charge in [0.15, 0.2) is 0 Å². The number of benzene rings is 2. The first kappa shape index (κ1) is 18.6. The van der Waals surface area contributed by atoms with Gasteiger partial charge in [-0.2, -0.15) is 0 Å². The molecule has 27 heavy (non-hydrogen) atoms. The van der Waals surface area contributed by atoms with E-state index < -0.39 is 29.7 Å². The highest BCUT2D eigenvalue weighted by Crippen LogP contribution is 2.33. The normalized spacial score (nSPS) is 16.8. The minimum Gasteiger partial charge on any atom is -0.481 e.